The summed E-state index contributed by atoms with van der Waals surface area (Å²) in [6.07, 6.45) is 0.938. The molecule has 0 bridgehead atoms. The third kappa shape index (κ3) is 2.49. The second-order valence-electron chi connectivity index (χ2n) is 2.51. The van der Waals surface area contributed by atoms with Crippen molar-refractivity contribution in [2.75, 3.05) is 0 Å². The van der Waals surface area contributed by atoms with Crippen LogP contribution in [-0.2, 0) is 4.79 Å². The largest absolute Gasteiger partial charge is 0.481 e. The van der Waals surface area contributed by atoms with Gasteiger partial charge in [-0.3, -0.25) is 4.79 Å². The van der Waals surface area contributed by atoms with Gasteiger partial charge in [0.15, 0.2) is 0 Å². The lowest BCUT2D eigenvalue weighted by Crippen LogP contribution is -2.17. The molecule has 0 amide bonds. The minimum Gasteiger partial charge on any atom is -0.481 e. The summed E-state index contributed by atoms with van der Waals surface area (Å²) in [5, 5.41) is 8.48. The summed E-state index contributed by atoms with van der Waals surface area (Å²) in [6, 6.07) is 0. The lowest BCUT2D eigenvalue weighted by atomic mass is 9.94. The molecular weight excluding hydrogens is 116 g/mol. The van der Waals surface area contributed by atoms with Crippen LogP contribution in [-0.4, -0.2) is 11.1 Å². The normalized spacial score (nSPS) is 16.8. The van der Waals surface area contributed by atoms with E-state index in [1.54, 1.807) is 6.92 Å². The van der Waals surface area contributed by atoms with E-state index in [0.29, 0.717) is 5.92 Å². The maximum absolute atomic E-state index is 10.3. The van der Waals surface area contributed by atoms with Crippen molar-refractivity contribution in [3.8, 4) is 0 Å². The average Bonchev–Trinajstić information content (AvgIpc) is 1.84. The van der Waals surface area contributed by atoms with Gasteiger partial charge in [-0.2, -0.15) is 0 Å². The third-order valence-corrected chi connectivity index (χ3v) is 1.89. The van der Waals surface area contributed by atoms with Gasteiger partial charge in [0.25, 0.3) is 0 Å². The first-order valence-corrected chi connectivity index (χ1v) is 3.32. The monoisotopic (exact) mass is 130 g/mol. The first-order valence-electron chi connectivity index (χ1n) is 3.32. The van der Waals surface area contributed by atoms with Gasteiger partial charge in [0.2, 0.25) is 0 Å². The second kappa shape index (κ2) is 3.49. The Labute approximate surface area is 55.9 Å². The van der Waals surface area contributed by atoms with Crippen LogP contribution < -0.4 is 0 Å². The van der Waals surface area contributed by atoms with Gasteiger partial charge in [-0.15, -0.1) is 0 Å². The molecule has 0 aliphatic heterocycles. The van der Waals surface area contributed by atoms with Gasteiger partial charge in [0, 0.05) is 0 Å². The summed E-state index contributed by atoms with van der Waals surface area (Å²) >= 11 is 0. The minimum absolute atomic E-state index is 0.199. The Morgan fingerprint density at radius 1 is 1.56 bits per heavy atom. The number of rotatable bonds is 3. The van der Waals surface area contributed by atoms with Gasteiger partial charge >= 0.3 is 5.97 Å². The van der Waals surface area contributed by atoms with E-state index in [0.717, 1.165) is 6.42 Å². The number of carboxylic acids is 1. The predicted molar refractivity (Wildman–Crippen MR) is 36.3 cm³/mol. The summed E-state index contributed by atoms with van der Waals surface area (Å²) in [6.45, 7) is 5.71. The summed E-state index contributed by atoms with van der Waals surface area (Å²) < 4.78 is 0. The number of carbonyl (C=O) groups is 1. The maximum atomic E-state index is 10.3. The summed E-state index contributed by atoms with van der Waals surface area (Å²) in [5.41, 5.74) is 0. The van der Waals surface area contributed by atoms with Crippen LogP contribution >= 0.6 is 0 Å². The minimum atomic E-state index is -0.690. The van der Waals surface area contributed by atoms with E-state index in [9.17, 15) is 4.79 Å². The molecule has 0 saturated heterocycles. The van der Waals surface area contributed by atoms with Gasteiger partial charge in [0.1, 0.15) is 0 Å². The van der Waals surface area contributed by atoms with Gasteiger partial charge < -0.3 is 5.11 Å². The Kier molecular flexibility index (Phi) is 3.28. The molecule has 0 radical (unpaired) electrons. The van der Waals surface area contributed by atoms with Crippen LogP contribution in [0, 0.1) is 11.8 Å². The Balaban J connectivity index is 3.72. The molecule has 2 atom stereocenters. The van der Waals surface area contributed by atoms with Crippen molar-refractivity contribution in [1.29, 1.82) is 0 Å². The molecule has 2 nitrogen and oxygen atoms in total. The summed E-state index contributed by atoms with van der Waals surface area (Å²) in [5.74, 6) is -0.596. The highest BCUT2D eigenvalue weighted by molar-refractivity contribution is 5.69. The highest BCUT2D eigenvalue weighted by Gasteiger charge is 2.16. The predicted octanol–water partition coefficient (Wildman–Crippen LogP) is 1.75. The van der Waals surface area contributed by atoms with Gasteiger partial charge in [-0.1, -0.05) is 27.2 Å². The van der Waals surface area contributed by atoms with E-state index in [1.807, 2.05) is 13.8 Å². The molecule has 9 heavy (non-hydrogen) atoms. The Bertz CT molecular complexity index is 99.1. The second-order valence-corrected chi connectivity index (χ2v) is 2.51. The smallest absolute Gasteiger partial charge is 0.306 e. The highest BCUT2D eigenvalue weighted by atomic mass is 16.4. The Hall–Kier alpha value is -0.530. The molecule has 0 aromatic heterocycles. The molecule has 0 heterocycles. The van der Waals surface area contributed by atoms with Crippen molar-refractivity contribution >= 4 is 5.97 Å². The summed E-state index contributed by atoms with van der Waals surface area (Å²) in [4.78, 5) is 10.3. The molecule has 0 spiro atoms. The number of carboxylic acid groups (broad SMARTS) is 1. The zero-order chi connectivity index (χ0) is 7.44. The zero-order valence-electron chi connectivity index (χ0n) is 6.22. The van der Waals surface area contributed by atoms with Crippen molar-refractivity contribution < 1.29 is 9.90 Å². The van der Waals surface area contributed by atoms with Crippen molar-refractivity contribution in [3.63, 3.8) is 0 Å². The molecular formula is C7H14O2. The van der Waals surface area contributed by atoms with Crippen LogP contribution in [0.15, 0.2) is 0 Å². The van der Waals surface area contributed by atoms with Gasteiger partial charge in [-0.25, -0.2) is 0 Å². The van der Waals surface area contributed by atoms with Crippen LogP contribution in [0.25, 0.3) is 0 Å². The van der Waals surface area contributed by atoms with Crippen LogP contribution in [0.1, 0.15) is 27.2 Å². The molecule has 0 unspecified atom stereocenters. The first-order chi connectivity index (χ1) is 4.09. The van der Waals surface area contributed by atoms with Crippen LogP contribution in [0.5, 0.6) is 0 Å². The zero-order valence-corrected chi connectivity index (χ0v) is 6.22. The van der Waals surface area contributed by atoms with E-state index in [-0.39, 0.29) is 5.92 Å². The van der Waals surface area contributed by atoms with Crippen LogP contribution in [0.3, 0.4) is 0 Å². The molecule has 0 saturated carbocycles. The average molecular weight is 130 g/mol. The quantitative estimate of drug-likeness (QED) is 0.632. The first kappa shape index (κ1) is 8.47. The molecule has 0 aromatic carbocycles. The molecule has 2 heteroatoms. The molecule has 0 aromatic rings. The number of aliphatic carboxylic acids is 1. The van der Waals surface area contributed by atoms with Crippen molar-refractivity contribution in [3.05, 3.63) is 0 Å². The van der Waals surface area contributed by atoms with E-state index in [2.05, 4.69) is 0 Å². The number of hydrogen-bond acceptors (Lipinski definition) is 1. The van der Waals surface area contributed by atoms with Crippen LogP contribution in [0.2, 0.25) is 0 Å². The third-order valence-electron chi connectivity index (χ3n) is 1.89. The van der Waals surface area contributed by atoms with Crippen molar-refractivity contribution in [1.82, 2.24) is 0 Å². The highest BCUT2D eigenvalue weighted by Crippen LogP contribution is 2.13. The van der Waals surface area contributed by atoms with E-state index in [4.69, 9.17) is 5.11 Å². The van der Waals surface area contributed by atoms with Gasteiger partial charge in [0.05, 0.1) is 5.92 Å². The fourth-order valence-electron chi connectivity index (χ4n) is 0.597. The molecule has 0 aliphatic rings. The molecule has 0 aliphatic carbocycles. The molecule has 0 fully saturated rings. The maximum Gasteiger partial charge on any atom is 0.306 e. The molecule has 0 rings (SSSR count). The van der Waals surface area contributed by atoms with Crippen LogP contribution in [0.4, 0.5) is 0 Å². The van der Waals surface area contributed by atoms with Gasteiger partial charge in [-0.05, 0) is 5.92 Å². The summed E-state index contributed by atoms with van der Waals surface area (Å²) in [7, 11) is 0. The van der Waals surface area contributed by atoms with Crippen molar-refractivity contribution in [2.45, 2.75) is 27.2 Å². The Morgan fingerprint density at radius 3 is 2.11 bits per heavy atom. The van der Waals surface area contributed by atoms with Crippen molar-refractivity contribution in [2.24, 2.45) is 11.8 Å². The molecule has 1 N–H and O–H groups in total. The van der Waals surface area contributed by atoms with E-state index in [1.165, 1.54) is 0 Å². The lowest BCUT2D eigenvalue weighted by Gasteiger charge is -2.11. The number of hydrogen-bond donors (Lipinski definition) is 1. The van der Waals surface area contributed by atoms with E-state index < -0.39 is 5.97 Å². The van der Waals surface area contributed by atoms with E-state index >= 15 is 0 Å². The SMILES string of the molecule is CC[C@H](C)[C@H](C)C(=O)O. The standard InChI is InChI=1S/C7H14O2/c1-4-5(2)6(3)7(8)9/h5-6H,4H2,1-3H3,(H,8,9)/t5-,6-/m0/s1. The molecule has 54 valence electrons. The Morgan fingerprint density at radius 2 is 2.00 bits per heavy atom. The fourth-order valence-corrected chi connectivity index (χ4v) is 0.597. The lowest BCUT2D eigenvalue weighted by molar-refractivity contribution is -0.142. The topological polar surface area (TPSA) is 37.3 Å². The fraction of sp³-hybridized carbons (Fsp3) is 0.857.